The number of aliphatic carboxylic acids is 1. The number of carbonyl (C=O) groups is 3. The van der Waals surface area contributed by atoms with Gasteiger partial charge in [0.2, 0.25) is 5.91 Å². The van der Waals surface area contributed by atoms with Crippen molar-refractivity contribution in [3.05, 3.63) is 12.2 Å². The number of carboxylic acid groups (broad SMARTS) is 1. The van der Waals surface area contributed by atoms with Gasteiger partial charge < -0.3 is 20.5 Å². The second-order valence-electron chi connectivity index (χ2n) is 17.6. The van der Waals surface area contributed by atoms with Gasteiger partial charge in [-0.2, -0.15) is 0 Å². The molecule has 62 heavy (non-hydrogen) atoms. The Morgan fingerprint density at radius 2 is 0.984 bits per heavy atom. The Morgan fingerprint density at radius 1 is 0.500 bits per heavy atom. The molecule has 3 N–H and O–H groups in total. The van der Waals surface area contributed by atoms with Gasteiger partial charge in [-0.15, -0.1) is 0 Å². The highest BCUT2D eigenvalue weighted by atomic mass is 16.6. The molecule has 4 aliphatic carbocycles. The highest BCUT2D eigenvalue weighted by molar-refractivity contribution is 5.75. The first-order valence-corrected chi connectivity index (χ1v) is 27.5. The number of ether oxygens (including phenoxy) is 1. The molecule has 7 nitrogen and oxygen atoms in total. The predicted molar refractivity (Wildman–Crippen MR) is 269 cm³/mol. The summed E-state index contributed by atoms with van der Waals surface area (Å²) in [5.74, 6) is 5.25. The second-order valence-corrected chi connectivity index (χ2v) is 17.6. The summed E-state index contributed by atoms with van der Waals surface area (Å²) in [6, 6.07) is 0. The van der Waals surface area contributed by atoms with Crippen molar-refractivity contribution in [2.75, 3.05) is 13.1 Å². The Labute approximate surface area is 386 Å². The molecule has 0 aromatic rings. The molecule has 0 bridgehead atoms. The van der Waals surface area contributed by atoms with Crippen LogP contribution in [-0.4, -0.2) is 42.3 Å². The monoisotopic (exact) mass is 877 g/mol. The summed E-state index contributed by atoms with van der Waals surface area (Å²) in [6.45, 7) is 21.8. The standard InChI is InChI=1S/C36H63NO2.C11H21NO3.4C2H6/c1-2-3-4-5-6-7-8-9-10-11-12-13-14-15-16-17-27-37-36(38)39-31-23-26-33-30(28-31)22-25-34-32-20-18-19-29(32)21-24-35(33)34;1-2-3-7-10(13)12-9-6-4-5-8-11(14)15;4*1-2/h9-10,29-35H,2-8,11-28H2,1H3,(H,37,38);2-9H2,1H3,(H,12,13)(H,14,15);4*1-2H3/b10-9-;;;;;. The maximum atomic E-state index is 12.4. The van der Waals surface area contributed by atoms with Crippen LogP contribution in [0.25, 0.3) is 0 Å². The number of carbonyl (C=O) groups excluding carboxylic acids is 2. The second kappa shape index (κ2) is 45.5. The lowest BCUT2D eigenvalue weighted by Crippen LogP contribution is -2.46. The Balaban J connectivity index is 0. The first-order chi connectivity index (χ1) is 30.4. The number of carboxylic acids is 1. The van der Waals surface area contributed by atoms with Crippen LogP contribution in [0.4, 0.5) is 4.79 Å². The zero-order chi connectivity index (χ0) is 46.6. The molecule has 4 fully saturated rings. The number of unbranched alkanes of at least 4 members (excludes halogenated alkanes) is 15. The molecule has 7 atom stereocenters. The van der Waals surface area contributed by atoms with Gasteiger partial charge in [-0.25, -0.2) is 4.79 Å². The van der Waals surface area contributed by atoms with Crippen molar-refractivity contribution < 1.29 is 24.2 Å². The third-order valence-corrected chi connectivity index (χ3v) is 13.5. The van der Waals surface area contributed by atoms with Gasteiger partial charge in [-0.1, -0.05) is 165 Å². The molecule has 4 saturated carbocycles. The van der Waals surface area contributed by atoms with Crippen molar-refractivity contribution in [2.24, 2.45) is 35.5 Å². The van der Waals surface area contributed by atoms with Crippen LogP contribution in [0.15, 0.2) is 12.2 Å². The summed E-state index contributed by atoms with van der Waals surface area (Å²) in [7, 11) is 0. The molecule has 0 saturated heterocycles. The number of hydrogen-bond acceptors (Lipinski definition) is 4. The first-order valence-electron chi connectivity index (χ1n) is 27.5. The van der Waals surface area contributed by atoms with E-state index in [0.717, 1.165) is 87.0 Å². The van der Waals surface area contributed by atoms with Crippen LogP contribution in [0.5, 0.6) is 0 Å². The average molecular weight is 877 g/mol. The number of hydrogen-bond donors (Lipinski definition) is 3. The number of fused-ring (bicyclic) bond motifs is 5. The van der Waals surface area contributed by atoms with E-state index in [-0.39, 0.29) is 24.5 Å². The zero-order valence-corrected chi connectivity index (χ0v) is 43.1. The Bertz CT molecular complexity index is 1030. The molecular weight excluding hydrogens is 769 g/mol. The van der Waals surface area contributed by atoms with E-state index in [1.165, 1.54) is 135 Å². The summed E-state index contributed by atoms with van der Waals surface area (Å²) >= 11 is 0. The number of alkyl carbamates (subject to hydrolysis) is 1. The van der Waals surface area contributed by atoms with Crippen LogP contribution < -0.4 is 10.6 Å². The molecule has 0 heterocycles. The van der Waals surface area contributed by atoms with Gasteiger partial charge in [0.1, 0.15) is 6.10 Å². The molecule has 0 aliphatic heterocycles. The SMILES string of the molecule is CC.CC.CC.CC.CCCCC(=O)NCCCCCC(=O)O.CCCCCCCC/C=C\CCCCCCCCNC(=O)OC1CCC2C(CCC3C4CCCC4CCC23)C1. The van der Waals surface area contributed by atoms with Crippen LogP contribution >= 0.6 is 0 Å². The lowest BCUT2D eigenvalue weighted by molar-refractivity contribution is -0.137. The van der Waals surface area contributed by atoms with Gasteiger partial charge in [-0.05, 0) is 138 Å². The largest absolute Gasteiger partial charge is 0.481 e. The molecule has 0 radical (unpaired) electrons. The van der Waals surface area contributed by atoms with Gasteiger partial charge in [0.25, 0.3) is 0 Å². The van der Waals surface area contributed by atoms with Crippen LogP contribution in [0.3, 0.4) is 0 Å². The van der Waals surface area contributed by atoms with E-state index in [9.17, 15) is 14.4 Å². The van der Waals surface area contributed by atoms with E-state index in [0.29, 0.717) is 19.4 Å². The Hall–Kier alpha value is -2.05. The minimum Gasteiger partial charge on any atom is -0.481 e. The molecular formula is C55H108N2O5. The predicted octanol–water partition coefficient (Wildman–Crippen LogP) is 16.8. The molecule has 7 unspecified atom stereocenters. The van der Waals surface area contributed by atoms with Gasteiger partial charge in [0.05, 0.1) is 0 Å². The van der Waals surface area contributed by atoms with E-state index < -0.39 is 5.97 Å². The van der Waals surface area contributed by atoms with E-state index in [1.54, 1.807) is 0 Å². The van der Waals surface area contributed by atoms with Crippen molar-refractivity contribution in [3.63, 3.8) is 0 Å². The maximum Gasteiger partial charge on any atom is 0.407 e. The highest BCUT2D eigenvalue weighted by Crippen LogP contribution is 2.58. The number of allylic oxidation sites excluding steroid dienone is 2. The van der Waals surface area contributed by atoms with Crippen LogP contribution in [-0.2, 0) is 14.3 Å². The van der Waals surface area contributed by atoms with Crippen molar-refractivity contribution in [1.82, 2.24) is 10.6 Å². The normalized spacial score (nSPS) is 22.9. The van der Waals surface area contributed by atoms with E-state index in [1.807, 2.05) is 55.4 Å². The van der Waals surface area contributed by atoms with Crippen molar-refractivity contribution in [2.45, 2.75) is 274 Å². The Morgan fingerprint density at radius 3 is 1.56 bits per heavy atom. The molecule has 7 heteroatoms. The maximum absolute atomic E-state index is 12.4. The molecule has 0 spiro atoms. The van der Waals surface area contributed by atoms with Crippen molar-refractivity contribution in [3.8, 4) is 0 Å². The Kier molecular flexibility index (Phi) is 45.5. The van der Waals surface area contributed by atoms with Crippen LogP contribution in [0.1, 0.15) is 268 Å². The number of rotatable bonds is 26. The van der Waals surface area contributed by atoms with E-state index in [4.69, 9.17) is 9.84 Å². The fraction of sp³-hybridized carbons (Fsp3) is 0.909. The zero-order valence-electron chi connectivity index (χ0n) is 43.1. The minimum absolute atomic E-state index is 0.107. The average Bonchev–Trinajstić information content (AvgIpc) is 3.80. The summed E-state index contributed by atoms with van der Waals surface area (Å²) in [5, 5.41) is 14.3. The lowest BCUT2D eigenvalue weighted by atomic mass is 9.53. The molecule has 4 aliphatic rings. The molecule has 4 rings (SSSR count). The van der Waals surface area contributed by atoms with Gasteiger partial charge in [0, 0.05) is 25.9 Å². The minimum atomic E-state index is -0.748. The smallest absolute Gasteiger partial charge is 0.407 e. The highest BCUT2D eigenvalue weighted by Gasteiger charge is 2.49. The van der Waals surface area contributed by atoms with Crippen molar-refractivity contribution in [1.29, 1.82) is 0 Å². The first kappa shape index (κ1) is 62.0. The molecule has 0 aromatic carbocycles. The van der Waals surface area contributed by atoms with Gasteiger partial charge >= 0.3 is 12.1 Å². The molecule has 2 amide bonds. The number of amides is 2. The third kappa shape index (κ3) is 30.2. The third-order valence-electron chi connectivity index (χ3n) is 13.5. The number of nitrogens with one attached hydrogen (secondary N) is 2. The fourth-order valence-corrected chi connectivity index (χ4v) is 10.5. The topological polar surface area (TPSA) is 105 Å². The van der Waals surface area contributed by atoms with Gasteiger partial charge in [-0.3, -0.25) is 9.59 Å². The van der Waals surface area contributed by atoms with Gasteiger partial charge in [0.15, 0.2) is 0 Å². The van der Waals surface area contributed by atoms with Crippen LogP contribution in [0.2, 0.25) is 0 Å². The fourth-order valence-electron chi connectivity index (χ4n) is 10.5. The summed E-state index contributed by atoms with van der Waals surface area (Å²) < 4.78 is 5.92. The van der Waals surface area contributed by atoms with E-state index >= 15 is 0 Å². The quantitative estimate of drug-likeness (QED) is 0.0593. The van der Waals surface area contributed by atoms with E-state index in [2.05, 4.69) is 36.6 Å². The summed E-state index contributed by atoms with van der Waals surface area (Å²) in [6.07, 6.45) is 42.4. The molecule has 0 aromatic heterocycles. The van der Waals surface area contributed by atoms with Crippen molar-refractivity contribution >= 4 is 18.0 Å². The lowest BCUT2D eigenvalue weighted by Gasteiger charge is -2.52. The molecule has 368 valence electrons. The summed E-state index contributed by atoms with van der Waals surface area (Å²) in [5.41, 5.74) is 0. The summed E-state index contributed by atoms with van der Waals surface area (Å²) in [4.78, 5) is 33.8. The van der Waals surface area contributed by atoms with Crippen LogP contribution in [0, 0.1) is 35.5 Å².